The summed E-state index contributed by atoms with van der Waals surface area (Å²) < 4.78 is 78.8. The highest BCUT2D eigenvalue weighted by molar-refractivity contribution is 9.10. The number of benzene rings is 1. The van der Waals surface area contributed by atoms with E-state index in [1.807, 2.05) is 20.8 Å². The third kappa shape index (κ3) is 6.01. The summed E-state index contributed by atoms with van der Waals surface area (Å²) in [5.41, 5.74) is -2.28. The highest BCUT2D eigenvalue weighted by Crippen LogP contribution is 2.48. The van der Waals surface area contributed by atoms with Crippen molar-refractivity contribution in [3.8, 4) is 22.3 Å². The highest BCUT2D eigenvalue weighted by atomic mass is 79.9. The van der Waals surface area contributed by atoms with Crippen molar-refractivity contribution in [3.63, 3.8) is 0 Å². The summed E-state index contributed by atoms with van der Waals surface area (Å²) in [7, 11) is -5.70. The molecule has 0 unspecified atom stereocenters. The number of para-hydroxylation sites is 1. The number of aryl methyl sites for hydroxylation is 1. The maximum absolute atomic E-state index is 13.3. The molecule has 8 nitrogen and oxygen atoms in total. The zero-order valence-electron chi connectivity index (χ0n) is 22.8. The van der Waals surface area contributed by atoms with Gasteiger partial charge in [-0.2, -0.15) is 21.6 Å². The van der Waals surface area contributed by atoms with Gasteiger partial charge in [-0.1, -0.05) is 39.0 Å². The van der Waals surface area contributed by atoms with E-state index in [2.05, 4.69) is 15.9 Å². The summed E-state index contributed by atoms with van der Waals surface area (Å²) in [6.45, 7) is 7.92. The second-order valence-electron chi connectivity index (χ2n) is 9.73. The van der Waals surface area contributed by atoms with E-state index in [-0.39, 0.29) is 30.3 Å². The molecule has 0 radical (unpaired) electrons. The number of hydrogen-bond donors (Lipinski definition) is 1. The van der Waals surface area contributed by atoms with Crippen molar-refractivity contribution < 1.29 is 35.5 Å². The quantitative estimate of drug-likeness (QED) is 0.180. The predicted octanol–water partition coefficient (Wildman–Crippen LogP) is 7.26. The third-order valence-electron chi connectivity index (χ3n) is 6.44. The first-order valence-corrected chi connectivity index (χ1v) is 15.2. The standard InChI is InChI=1S/C28H29BrF3N3O5S/c1-5-23-33-22(13-16(3)4)26(27(36)40-6-2)35(23)14-19-17-11-12-39-15-20(17)25(29)24(19)18-9-7-8-10-21(18)34-41(37,38)28(30,31)32/h7-12,15-16,34H,5-6,13-14H2,1-4H3. The lowest BCUT2D eigenvalue weighted by Gasteiger charge is -2.17. The second-order valence-corrected chi connectivity index (χ2v) is 12.2. The number of aromatic nitrogens is 2. The Balaban J connectivity index is 1.98. The molecule has 1 aliphatic heterocycles. The van der Waals surface area contributed by atoms with Crippen molar-refractivity contribution >= 4 is 37.6 Å². The lowest BCUT2D eigenvalue weighted by Crippen LogP contribution is -2.30. The SMILES string of the molecule is CCOC(=O)c1c(CC(C)C)nc(CC)n1Cc1c2ccocc-2c(Br)c1-c1ccccc1NS(=O)(=O)C(F)(F)F. The number of rotatable bonds is 10. The number of anilines is 1. The molecule has 0 fully saturated rings. The van der Waals surface area contributed by atoms with Gasteiger partial charge in [-0.05, 0) is 58.5 Å². The van der Waals surface area contributed by atoms with E-state index < -0.39 is 21.5 Å². The van der Waals surface area contributed by atoms with Crippen molar-refractivity contribution in [2.75, 3.05) is 11.3 Å². The number of nitrogens with zero attached hydrogens (tertiary/aromatic N) is 2. The molecular weight excluding hydrogens is 627 g/mol. The van der Waals surface area contributed by atoms with Gasteiger partial charge in [0.05, 0.1) is 37.1 Å². The van der Waals surface area contributed by atoms with Crippen LogP contribution >= 0.6 is 15.9 Å². The number of carbonyl (C=O) groups excluding carboxylic acids is 1. The average molecular weight is 657 g/mol. The molecule has 2 aliphatic rings. The van der Waals surface area contributed by atoms with Crippen LogP contribution in [-0.4, -0.2) is 36.1 Å². The van der Waals surface area contributed by atoms with Crippen LogP contribution in [0.5, 0.6) is 0 Å². The molecule has 220 valence electrons. The first-order chi connectivity index (χ1) is 19.3. The molecule has 2 aromatic rings. The molecule has 1 aromatic heterocycles. The van der Waals surface area contributed by atoms with Gasteiger partial charge in [0.15, 0.2) is 5.69 Å². The van der Waals surface area contributed by atoms with Crippen LogP contribution in [-0.2, 0) is 34.1 Å². The van der Waals surface area contributed by atoms with Crippen LogP contribution in [0.3, 0.4) is 0 Å². The number of esters is 1. The van der Waals surface area contributed by atoms with E-state index in [1.165, 1.54) is 30.7 Å². The Labute approximate surface area is 244 Å². The van der Waals surface area contributed by atoms with Crippen molar-refractivity contribution in [2.24, 2.45) is 5.92 Å². The number of hydrogen-bond acceptors (Lipinski definition) is 6. The lowest BCUT2D eigenvalue weighted by atomic mass is 10.0. The van der Waals surface area contributed by atoms with Crippen LogP contribution in [0.1, 0.15) is 55.3 Å². The summed E-state index contributed by atoms with van der Waals surface area (Å²) in [6, 6.07) is 7.53. The summed E-state index contributed by atoms with van der Waals surface area (Å²) in [5, 5.41) is 0. The summed E-state index contributed by atoms with van der Waals surface area (Å²) in [6.07, 6.45) is 3.98. The normalized spacial score (nSPS) is 12.3. The largest absolute Gasteiger partial charge is 0.516 e. The van der Waals surface area contributed by atoms with Gasteiger partial charge in [0.1, 0.15) is 5.82 Å². The van der Waals surface area contributed by atoms with Gasteiger partial charge in [0.2, 0.25) is 0 Å². The number of nitrogens with one attached hydrogen (secondary N) is 1. The summed E-state index contributed by atoms with van der Waals surface area (Å²) in [5.74, 6) is 0.308. The maximum atomic E-state index is 13.3. The number of imidazole rings is 1. The molecule has 1 N–H and O–H groups in total. The Bertz CT molecular complexity index is 1640. The molecule has 0 amide bonds. The maximum Gasteiger partial charge on any atom is 0.516 e. The fourth-order valence-electron chi connectivity index (χ4n) is 4.75. The second kappa shape index (κ2) is 11.9. The van der Waals surface area contributed by atoms with Gasteiger partial charge in [0, 0.05) is 27.6 Å². The minimum absolute atomic E-state index is 0.101. The van der Waals surface area contributed by atoms with Gasteiger partial charge in [-0.25, -0.2) is 9.78 Å². The van der Waals surface area contributed by atoms with Crippen LogP contribution in [0.25, 0.3) is 22.3 Å². The van der Waals surface area contributed by atoms with Crippen LogP contribution in [0.4, 0.5) is 18.9 Å². The van der Waals surface area contributed by atoms with Crippen LogP contribution in [0.2, 0.25) is 0 Å². The average Bonchev–Trinajstić information content (AvgIpc) is 3.38. The van der Waals surface area contributed by atoms with E-state index in [0.29, 0.717) is 56.8 Å². The number of carbonyl (C=O) groups is 1. The fraction of sp³-hybridized carbons (Fsp3) is 0.357. The highest BCUT2D eigenvalue weighted by Gasteiger charge is 2.46. The Morgan fingerprint density at radius 1 is 1.15 bits per heavy atom. The van der Waals surface area contributed by atoms with Crippen molar-refractivity contribution in [1.29, 1.82) is 0 Å². The van der Waals surface area contributed by atoms with Crippen molar-refractivity contribution in [1.82, 2.24) is 9.55 Å². The minimum atomic E-state index is -5.70. The molecule has 0 saturated heterocycles. The van der Waals surface area contributed by atoms with Gasteiger partial charge in [-0.15, -0.1) is 0 Å². The molecule has 41 heavy (non-hydrogen) atoms. The summed E-state index contributed by atoms with van der Waals surface area (Å²) >= 11 is 3.58. The predicted molar refractivity (Wildman–Crippen MR) is 152 cm³/mol. The minimum Gasteiger partial charge on any atom is -0.472 e. The zero-order valence-corrected chi connectivity index (χ0v) is 25.2. The number of ether oxygens (including phenoxy) is 1. The van der Waals surface area contributed by atoms with E-state index >= 15 is 0 Å². The molecule has 0 saturated carbocycles. The summed E-state index contributed by atoms with van der Waals surface area (Å²) in [4.78, 5) is 18.0. The Morgan fingerprint density at radius 3 is 2.49 bits per heavy atom. The number of halogens is 4. The molecule has 0 atom stereocenters. The monoisotopic (exact) mass is 655 g/mol. The molecule has 0 bridgehead atoms. The van der Waals surface area contributed by atoms with E-state index in [0.717, 1.165) is 0 Å². The van der Waals surface area contributed by atoms with Crippen molar-refractivity contribution in [2.45, 2.75) is 52.6 Å². The number of fused-ring (bicyclic) bond motifs is 1. The Kier molecular flexibility index (Phi) is 8.88. The van der Waals surface area contributed by atoms with Gasteiger partial charge < -0.3 is 13.7 Å². The van der Waals surface area contributed by atoms with E-state index in [9.17, 15) is 26.4 Å². The molecular formula is C28H29BrF3N3O5S. The van der Waals surface area contributed by atoms with Gasteiger partial charge in [0.25, 0.3) is 0 Å². The Morgan fingerprint density at radius 2 is 1.85 bits per heavy atom. The topological polar surface area (TPSA) is 103 Å². The number of alkyl halides is 3. The molecule has 13 heteroatoms. The lowest BCUT2D eigenvalue weighted by molar-refractivity contribution is -0.0429. The van der Waals surface area contributed by atoms with Gasteiger partial charge in [-0.3, -0.25) is 4.72 Å². The molecule has 1 aliphatic carbocycles. The van der Waals surface area contributed by atoms with Crippen LogP contribution < -0.4 is 4.72 Å². The zero-order chi connectivity index (χ0) is 30.1. The first kappa shape index (κ1) is 30.6. The van der Waals surface area contributed by atoms with E-state index in [1.54, 1.807) is 28.3 Å². The van der Waals surface area contributed by atoms with Crippen LogP contribution in [0.15, 0.2) is 51.7 Å². The van der Waals surface area contributed by atoms with Crippen LogP contribution in [0, 0.1) is 5.92 Å². The van der Waals surface area contributed by atoms with E-state index in [4.69, 9.17) is 14.1 Å². The Hall–Kier alpha value is -3.32. The molecule has 0 spiro atoms. The third-order valence-corrected chi connectivity index (χ3v) is 8.36. The molecule has 1 aromatic carbocycles. The molecule has 4 rings (SSSR count). The first-order valence-electron chi connectivity index (χ1n) is 12.9. The smallest absolute Gasteiger partial charge is 0.472 e. The van der Waals surface area contributed by atoms with Gasteiger partial charge >= 0.3 is 21.5 Å². The molecule has 2 heterocycles. The van der Waals surface area contributed by atoms with Crippen molar-refractivity contribution in [3.05, 3.63) is 70.1 Å². The fourth-order valence-corrected chi connectivity index (χ4v) is 6.09. The number of sulfonamides is 1.